The van der Waals surface area contributed by atoms with Gasteiger partial charge in [0, 0.05) is 18.3 Å². The lowest BCUT2D eigenvalue weighted by Crippen LogP contribution is -2.30. The summed E-state index contributed by atoms with van der Waals surface area (Å²) in [6, 6.07) is 0. The van der Waals surface area contributed by atoms with Crippen LogP contribution < -0.4 is 11.1 Å². The molecule has 1 amide bonds. The van der Waals surface area contributed by atoms with E-state index < -0.39 is 0 Å². The Morgan fingerprint density at radius 2 is 2.41 bits per heavy atom. The monoisotopic (exact) mass is 253 g/mol. The third kappa shape index (κ3) is 3.04. The smallest absolute Gasteiger partial charge is 0.270 e. The highest BCUT2D eigenvalue weighted by molar-refractivity contribution is 7.09. The molecule has 1 heterocycles. The Morgan fingerprint density at radius 1 is 1.65 bits per heavy atom. The van der Waals surface area contributed by atoms with Crippen molar-refractivity contribution >= 4 is 17.2 Å². The lowest BCUT2D eigenvalue weighted by atomic mass is 10.0. The number of hydrogen-bond donors (Lipinski definition) is 2. The third-order valence-corrected chi connectivity index (χ3v) is 4.38. The van der Waals surface area contributed by atoms with Gasteiger partial charge in [-0.3, -0.25) is 4.79 Å². The van der Waals surface area contributed by atoms with E-state index in [0.717, 1.165) is 24.4 Å². The van der Waals surface area contributed by atoms with Crippen molar-refractivity contribution < 1.29 is 4.79 Å². The second-order valence-corrected chi connectivity index (χ2v) is 5.64. The fourth-order valence-electron chi connectivity index (χ4n) is 1.84. The van der Waals surface area contributed by atoms with Crippen molar-refractivity contribution in [3.8, 4) is 0 Å². The van der Waals surface area contributed by atoms with Crippen LogP contribution in [-0.2, 0) is 6.42 Å². The van der Waals surface area contributed by atoms with Gasteiger partial charge in [-0.25, -0.2) is 4.98 Å². The van der Waals surface area contributed by atoms with Gasteiger partial charge >= 0.3 is 0 Å². The molecule has 2 rings (SSSR count). The lowest BCUT2D eigenvalue weighted by Gasteiger charge is -2.12. The molecular weight excluding hydrogens is 234 g/mol. The number of amides is 1. The molecule has 0 bridgehead atoms. The zero-order valence-electron chi connectivity index (χ0n) is 10.2. The summed E-state index contributed by atoms with van der Waals surface area (Å²) in [6.07, 6.45) is 4.36. The molecule has 1 saturated carbocycles. The third-order valence-electron chi connectivity index (χ3n) is 3.47. The van der Waals surface area contributed by atoms with Gasteiger partial charge in [0.15, 0.2) is 0 Å². The number of hydrogen-bond acceptors (Lipinski definition) is 4. The standard InChI is InChI=1S/C12H19N3OS/c1-2-12(4-5-12)8-14-11(16)9-7-17-10(15-9)3-6-13/h7H,2-6,8,13H2,1H3,(H,14,16). The summed E-state index contributed by atoms with van der Waals surface area (Å²) in [4.78, 5) is 16.1. The molecule has 1 aromatic heterocycles. The van der Waals surface area contributed by atoms with Crippen LogP contribution in [0.2, 0.25) is 0 Å². The van der Waals surface area contributed by atoms with Gasteiger partial charge < -0.3 is 11.1 Å². The Balaban J connectivity index is 1.86. The number of thiazole rings is 1. The number of nitrogens with one attached hydrogen (secondary N) is 1. The Kier molecular flexibility index (Phi) is 3.79. The molecular formula is C12H19N3OS. The number of aromatic nitrogens is 1. The minimum absolute atomic E-state index is 0.0516. The highest BCUT2D eigenvalue weighted by atomic mass is 32.1. The van der Waals surface area contributed by atoms with Crippen molar-refractivity contribution in [2.24, 2.45) is 11.1 Å². The molecule has 0 radical (unpaired) electrons. The van der Waals surface area contributed by atoms with Crippen molar-refractivity contribution in [1.82, 2.24) is 10.3 Å². The van der Waals surface area contributed by atoms with E-state index >= 15 is 0 Å². The van der Waals surface area contributed by atoms with Crippen LogP contribution >= 0.6 is 11.3 Å². The predicted molar refractivity (Wildman–Crippen MR) is 69.2 cm³/mol. The summed E-state index contributed by atoms with van der Waals surface area (Å²) in [5, 5.41) is 5.73. The molecule has 94 valence electrons. The maximum atomic E-state index is 11.9. The Hall–Kier alpha value is -0.940. The molecule has 1 aliphatic carbocycles. The van der Waals surface area contributed by atoms with Gasteiger partial charge in [0.2, 0.25) is 0 Å². The van der Waals surface area contributed by atoms with Gasteiger partial charge in [-0.15, -0.1) is 11.3 Å². The Bertz CT molecular complexity index is 398. The summed E-state index contributed by atoms with van der Waals surface area (Å²) in [5.41, 5.74) is 6.37. The normalized spacial score (nSPS) is 16.8. The maximum Gasteiger partial charge on any atom is 0.270 e. The summed E-state index contributed by atoms with van der Waals surface area (Å²) in [6.45, 7) is 3.54. The molecule has 0 aromatic carbocycles. The van der Waals surface area contributed by atoms with Crippen LogP contribution in [0, 0.1) is 5.41 Å². The maximum absolute atomic E-state index is 11.9. The van der Waals surface area contributed by atoms with E-state index in [0.29, 0.717) is 17.7 Å². The van der Waals surface area contributed by atoms with Gasteiger partial charge in [-0.1, -0.05) is 6.92 Å². The quantitative estimate of drug-likeness (QED) is 0.808. The molecule has 5 heteroatoms. The minimum Gasteiger partial charge on any atom is -0.350 e. The van der Waals surface area contributed by atoms with Crippen LogP contribution in [0.25, 0.3) is 0 Å². The molecule has 0 saturated heterocycles. The average Bonchev–Trinajstić information content (AvgIpc) is 2.98. The van der Waals surface area contributed by atoms with Gasteiger partial charge in [0.05, 0.1) is 5.01 Å². The molecule has 17 heavy (non-hydrogen) atoms. The first-order valence-electron chi connectivity index (χ1n) is 6.12. The molecule has 0 spiro atoms. The second-order valence-electron chi connectivity index (χ2n) is 4.70. The SMILES string of the molecule is CCC1(CNC(=O)c2csc(CCN)n2)CC1. The lowest BCUT2D eigenvalue weighted by molar-refractivity contribution is 0.0940. The summed E-state index contributed by atoms with van der Waals surface area (Å²) < 4.78 is 0. The zero-order chi connectivity index (χ0) is 12.3. The van der Waals surface area contributed by atoms with E-state index in [2.05, 4.69) is 17.2 Å². The predicted octanol–water partition coefficient (Wildman–Crippen LogP) is 1.56. The summed E-state index contributed by atoms with van der Waals surface area (Å²) in [7, 11) is 0. The van der Waals surface area contributed by atoms with Gasteiger partial charge in [-0.2, -0.15) is 0 Å². The van der Waals surface area contributed by atoms with Crippen molar-refractivity contribution in [3.63, 3.8) is 0 Å². The van der Waals surface area contributed by atoms with E-state index in [9.17, 15) is 4.79 Å². The van der Waals surface area contributed by atoms with Crippen molar-refractivity contribution in [2.45, 2.75) is 32.6 Å². The fraction of sp³-hybridized carbons (Fsp3) is 0.667. The summed E-state index contributed by atoms with van der Waals surface area (Å²) in [5.74, 6) is -0.0516. The first-order chi connectivity index (χ1) is 8.19. The Morgan fingerprint density at radius 3 is 3.00 bits per heavy atom. The highest BCUT2D eigenvalue weighted by Gasteiger charge is 2.40. The van der Waals surface area contributed by atoms with Gasteiger partial charge in [0.1, 0.15) is 5.69 Å². The molecule has 1 fully saturated rings. The van der Waals surface area contributed by atoms with E-state index in [1.807, 2.05) is 5.38 Å². The number of rotatable bonds is 6. The first-order valence-corrected chi connectivity index (χ1v) is 7.00. The van der Waals surface area contributed by atoms with Crippen LogP contribution in [0.5, 0.6) is 0 Å². The van der Waals surface area contributed by atoms with Gasteiger partial charge in [0.25, 0.3) is 5.91 Å². The number of nitrogens with zero attached hydrogens (tertiary/aromatic N) is 1. The molecule has 1 aromatic rings. The van der Waals surface area contributed by atoms with Crippen LogP contribution in [0.15, 0.2) is 5.38 Å². The van der Waals surface area contributed by atoms with Crippen LogP contribution in [0.1, 0.15) is 41.7 Å². The first kappa shape index (κ1) is 12.5. The van der Waals surface area contributed by atoms with E-state index in [4.69, 9.17) is 5.73 Å². The van der Waals surface area contributed by atoms with E-state index in [1.54, 1.807) is 0 Å². The molecule has 3 N–H and O–H groups in total. The van der Waals surface area contributed by atoms with E-state index in [-0.39, 0.29) is 5.91 Å². The van der Waals surface area contributed by atoms with Crippen molar-refractivity contribution in [3.05, 3.63) is 16.1 Å². The molecule has 1 aliphatic rings. The second kappa shape index (κ2) is 5.14. The van der Waals surface area contributed by atoms with Crippen LogP contribution in [0.4, 0.5) is 0 Å². The molecule has 4 nitrogen and oxygen atoms in total. The average molecular weight is 253 g/mol. The van der Waals surface area contributed by atoms with Crippen LogP contribution in [0.3, 0.4) is 0 Å². The molecule has 0 aliphatic heterocycles. The van der Waals surface area contributed by atoms with E-state index in [1.165, 1.54) is 24.2 Å². The number of carbonyl (C=O) groups is 1. The van der Waals surface area contributed by atoms with Crippen LogP contribution in [-0.4, -0.2) is 24.0 Å². The Labute approximate surface area is 106 Å². The largest absolute Gasteiger partial charge is 0.350 e. The summed E-state index contributed by atoms with van der Waals surface area (Å²) >= 11 is 1.51. The van der Waals surface area contributed by atoms with Crippen molar-refractivity contribution in [2.75, 3.05) is 13.1 Å². The molecule has 0 atom stereocenters. The van der Waals surface area contributed by atoms with Crippen molar-refractivity contribution in [1.29, 1.82) is 0 Å². The minimum atomic E-state index is -0.0516. The fourth-order valence-corrected chi connectivity index (χ4v) is 2.64. The zero-order valence-corrected chi connectivity index (χ0v) is 11.0. The topological polar surface area (TPSA) is 68.0 Å². The molecule has 0 unspecified atom stereocenters. The van der Waals surface area contributed by atoms with Gasteiger partial charge in [-0.05, 0) is 31.2 Å². The number of nitrogens with two attached hydrogens (primary N) is 1. The highest BCUT2D eigenvalue weighted by Crippen LogP contribution is 2.47. The number of carbonyl (C=O) groups excluding carboxylic acids is 1.